The zero-order chi connectivity index (χ0) is 11.8. The molecule has 3 rings (SSSR count). The fourth-order valence-electron chi connectivity index (χ4n) is 1.78. The molecule has 0 aliphatic carbocycles. The summed E-state index contributed by atoms with van der Waals surface area (Å²) in [6.45, 7) is 2.06. The Bertz CT molecular complexity index is 727. The van der Waals surface area contributed by atoms with Crippen molar-refractivity contribution in [3.8, 4) is 10.6 Å². The van der Waals surface area contributed by atoms with Crippen molar-refractivity contribution in [2.24, 2.45) is 0 Å². The Morgan fingerprint density at radius 3 is 2.94 bits per heavy atom. The van der Waals surface area contributed by atoms with Gasteiger partial charge in [0.2, 0.25) is 0 Å². The molecule has 0 bridgehead atoms. The Morgan fingerprint density at radius 2 is 2.18 bits per heavy atom. The van der Waals surface area contributed by atoms with Crippen molar-refractivity contribution in [1.29, 1.82) is 0 Å². The number of rotatable bonds is 1. The van der Waals surface area contributed by atoms with Crippen LogP contribution in [0.25, 0.3) is 21.6 Å². The number of hydrogen-bond donors (Lipinski definition) is 1. The molecule has 2 heterocycles. The van der Waals surface area contributed by atoms with Gasteiger partial charge in [0.05, 0.1) is 15.9 Å². The molecule has 1 aromatic carbocycles. The van der Waals surface area contributed by atoms with E-state index in [1.54, 1.807) is 11.3 Å². The minimum atomic E-state index is 0.700. The van der Waals surface area contributed by atoms with Crippen LogP contribution in [0.5, 0.6) is 0 Å². The molecule has 0 radical (unpaired) electrons. The van der Waals surface area contributed by atoms with Crippen LogP contribution in [0.4, 0.5) is 0 Å². The van der Waals surface area contributed by atoms with Crippen molar-refractivity contribution in [2.75, 3.05) is 0 Å². The summed E-state index contributed by atoms with van der Waals surface area (Å²) in [5.41, 5.74) is 4.02. The summed E-state index contributed by atoms with van der Waals surface area (Å²) in [5.74, 6) is 0. The van der Waals surface area contributed by atoms with Gasteiger partial charge in [-0.15, -0.1) is 11.3 Å². The number of H-pyrrole nitrogens is 1. The van der Waals surface area contributed by atoms with Crippen LogP contribution in [0.15, 0.2) is 35.7 Å². The fourth-order valence-corrected chi connectivity index (χ4v) is 2.83. The first-order valence-electron chi connectivity index (χ1n) is 5.28. The molecule has 0 saturated heterocycles. The molecule has 17 heavy (non-hydrogen) atoms. The van der Waals surface area contributed by atoms with Gasteiger partial charge in [-0.1, -0.05) is 24.4 Å². The number of aryl methyl sites for hydroxylation is 1. The van der Waals surface area contributed by atoms with E-state index in [1.165, 1.54) is 5.56 Å². The second-order valence-corrected chi connectivity index (χ2v) is 5.27. The van der Waals surface area contributed by atoms with Crippen LogP contribution >= 0.6 is 23.6 Å². The number of aromatic amines is 1. The van der Waals surface area contributed by atoms with Gasteiger partial charge in [0.1, 0.15) is 10.3 Å². The summed E-state index contributed by atoms with van der Waals surface area (Å²) in [7, 11) is 0. The number of nitrogens with zero attached hydrogens (tertiary/aromatic N) is 1. The summed E-state index contributed by atoms with van der Waals surface area (Å²) < 4.78 is 0.700. The summed E-state index contributed by atoms with van der Waals surface area (Å²) >= 11 is 7.01. The average molecular weight is 258 g/mol. The lowest BCUT2D eigenvalue weighted by atomic mass is 10.2. The fraction of sp³-hybridized carbons (Fsp3) is 0.0769. The Balaban J connectivity index is 2.32. The molecule has 2 nitrogen and oxygen atoms in total. The highest BCUT2D eigenvalue weighted by atomic mass is 32.1. The second-order valence-electron chi connectivity index (χ2n) is 3.91. The molecular formula is C13H10N2S2. The highest BCUT2D eigenvalue weighted by Gasteiger charge is 2.05. The molecular weight excluding hydrogens is 248 g/mol. The van der Waals surface area contributed by atoms with Crippen molar-refractivity contribution < 1.29 is 0 Å². The average Bonchev–Trinajstić information content (AvgIpc) is 2.81. The maximum Gasteiger partial charge on any atom is 0.131 e. The van der Waals surface area contributed by atoms with E-state index < -0.39 is 0 Å². The molecule has 0 fully saturated rings. The maximum absolute atomic E-state index is 5.36. The number of nitrogens with one attached hydrogen (secondary N) is 1. The monoisotopic (exact) mass is 258 g/mol. The molecule has 0 spiro atoms. The van der Waals surface area contributed by atoms with Gasteiger partial charge in [-0.2, -0.15) is 0 Å². The van der Waals surface area contributed by atoms with Gasteiger partial charge < -0.3 is 4.98 Å². The Labute approximate surface area is 108 Å². The molecule has 0 aliphatic heterocycles. The molecule has 2 aromatic heterocycles. The highest BCUT2D eigenvalue weighted by molar-refractivity contribution is 7.71. The van der Waals surface area contributed by atoms with Crippen molar-refractivity contribution in [3.05, 3.63) is 45.9 Å². The van der Waals surface area contributed by atoms with Crippen LogP contribution in [-0.4, -0.2) is 9.97 Å². The van der Waals surface area contributed by atoms with Gasteiger partial charge in [0, 0.05) is 0 Å². The number of aromatic nitrogens is 2. The summed E-state index contributed by atoms with van der Waals surface area (Å²) in [6.07, 6.45) is 0. The van der Waals surface area contributed by atoms with E-state index in [4.69, 9.17) is 12.2 Å². The summed E-state index contributed by atoms with van der Waals surface area (Å²) in [6, 6.07) is 10.2. The van der Waals surface area contributed by atoms with E-state index in [0.717, 1.165) is 21.6 Å². The predicted octanol–water partition coefficient (Wildman–Crippen LogP) is 4.33. The van der Waals surface area contributed by atoms with E-state index >= 15 is 0 Å². The minimum Gasteiger partial charge on any atom is -0.343 e. The quantitative estimate of drug-likeness (QED) is 0.658. The van der Waals surface area contributed by atoms with Crippen LogP contribution in [0, 0.1) is 11.6 Å². The molecule has 0 saturated carbocycles. The first kappa shape index (κ1) is 10.6. The van der Waals surface area contributed by atoms with Crippen molar-refractivity contribution in [3.63, 3.8) is 0 Å². The van der Waals surface area contributed by atoms with Crippen LogP contribution in [0.2, 0.25) is 0 Å². The van der Waals surface area contributed by atoms with Crippen LogP contribution in [0.3, 0.4) is 0 Å². The van der Waals surface area contributed by atoms with E-state index in [1.807, 2.05) is 23.6 Å². The van der Waals surface area contributed by atoms with Crippen LogP contribution in [0.1, 0.15) is 5.56 Å². The Hall–Kier alpha value is -1.52. The lowest BCUT2D eigenvalue weighted by Gasteiger charge is -2.03. The summed E-state index contributed by atoms with van der Waals surface area (Å²) in [4.78, 5) is 8.99. The molecule has 0 amide bonds. The minimum absolute atomic E-state index is 0.700. The third kappa shape index (κ3) is 1.90. The third-order valence-corrected chi connectivity index (χ3v) is 3.77. The molecule has 1 N–H and O–H groups in total. The van der Waals surface area contributed by atoms with E-state index in [0.29, 0.717) is 4.64 Å². The van der Waals surface area contributed by atoms with Gasteiger partial charge in [0.15, 0.2) is 0 Å². The largest absolute Gasteiger partial charge is 0.343 e. The number of thiophene rings is 1. The molecule has 0 aliphatic rings. The number of fused-ring (bicyclic) bond motifs is 1. The van der Waals surface area contributed by atoms with Crippen molar-refractivity contribution >= 4 is 34.6 Å². The Morgan fingerprint density at radius 1 is 1.29 bits per heavy atom. The first-order chi connectivity index (χ1) is 8.24. The lowest BCUT2D eigenvalue weighted by Crippen LogP contribution is -1.90. The normalized spacial score (nSPS) is 10.9. The van der Waals surface area contributed by atoms with Gasteiger partial charge in [-0.25, -0.2) is 4.98 Å². The smallest absolute Gasteiger partial charge is 0.131 e. The molecule has 84 valence electrons. The number of hydrogen-bond acceptors (Lipinski definition) is 3. The highest BCUT2D eigenvalue weighted by Crippen LogP contribution is 2.25. The van der Waals surface area contributed by atoms with Crippen molar-refractivity contribution in [2.45, 2.75) is 6.92 Å². The molecule has 4 heteroatoms. The van der Waals surface area contributed by atoms with E-state index in [-0.39, 0.29) is 0 Å². The Kier molecular flexibility index (Phi) is 2.53. The van der Waals surface area contributed by atoms with Crippen LogP contribution < -0.4 is 0 Å². The predicted molar refractivity (Wildman–Crippen MR) is 75.0 cm³/mol. The standard InChI is InChI=1S/C13H10N2S2/c1-8-4-5-9-10(7-8)15-13(16)12(14-9)11-3-2-6-17-11/h2-7H,1H3,(H,15,16). The molecule has 0 atom stereocenters. The first-order valence-corrected chi connectivity index (χ1v) is 6.57. The third-order valence-electron chi connectivity index (χ3n) is 2.60. The van der Waals surface area contributed by atoms with Crippen LogP contribution in [-0.2, 0) is 0 Å². The lowest BCUT2D eigenvalue weighted by molar-refractivity contribution is 1.27. The van der Waals surface area contributed by atoms with E-state index in [9.17, 15) is 0 Å². The summed E-state index contributed by atoms with van der Waals surface area (Å²) in [5, 5.41) is 2.03. The van der Waals surface area contributed by atoms with Gasteiger partial charge in [-0.3, -0.25) is 0 Å². The van der Waals surface area contributed by atoms with Gasteiger partial charge >= 0.3 is 0 Å². The van der Waals surface area contributed by atoms with Gasteiger partial charge in [-0.05, 0) is 36.1 Å². The topological polar surface area (TPSA) is 28.7 Å². The molecule has 3 aromatic rings. The number of benzene rings is 1. The maximum atomic E-state index is 5.36. The molecule has 0 unspecified atom stereocenters. The van der Waals surface area contributed by atoms with Crippen molar-refractivity contribution in [1.82, 2.24) is 9.97 Å². The second kappa shape index (κ2) is 4.05. The SMILES string of the molecule is Cc1ccc2nc(-c3cccs3)c(=S)[nH]c2c1. The van der Waals surface area contributed by atoms with E-state index in [2.05, 4.69) is 29.0 Å². The zero-order valence-corrected chi connectivity index (χ0v) is 10.9. The van der Waals surface area contributed by atoms with Gasteiger partial charge in [0.25, 0.3) is 0 Å². The zero-order valence-electron chi connectivity index (χ0n) is 9.23.